The number of ether oxygens (including phenoxy) is 2. The molecule has 0 aromatic carbocycles. The van der Waals surface area contributed by atoms with Crippen LogP contribution in [0.15, 0.2) is 12.5 Å². The summed E-state index contributed by atoms with van der Waals surface area (Å²) in [5.41, 5.74) is 3.36. The summed E-state index contributed by atoms with van der Waals surface area (Å²) >= 11 is 0. The molecule has 0 saturated carbocycles. The molecule has 5 heterocycles. The standard InChI is InChI=1S/C22H29N7O3/c1-4-29-14(2)17(11-25-29)19-26-18-20(27(19)3)23-13-24-21(18)32-16-5-8-28(12-16)22(30)15-6-9-31-10-7-15/h11,13,15-16H,4-10,12H2,1-3H3/t16-/m0/s1. The molecule has 0 aliphatic carbocycles. The average molecular weight is 440 g/mol. The molecule has 3 aromatic rings. The van der Waals surface area contributed by atoms with Crippen LogP contribution in [0.3, 0.4) is 0 Å². The first-order valence-electron chi connectivity index (χ1n) is 11.3. The lowest BCUT2D eigenvalue weighted by Gasteiger charge is -2.26. The maximum Gasteiger partial charge on any atom is 0.245 e. The number of likely N-dealkylation sites (tertiary alicyclic amines) is 1. The molecule has 2 fully saturated rings. The number of amides is 1. The molecule has 0 radical (unpaired) electrons. The number of carbonyl (C=O) groups excluding carboxylic acids is 1. The van der Waals surface area contributed by atoms with E-state index in [0.717, 1.165) is 42.9 Å². The molecule has 170 valence electrons. The Balaban J connectivity index is 1.36. The predicted octanol–water partition coefficient (Wildman–Crippen LogP) is 1.96. The number of fused-ring (bicyclic) bond motifs is 1. The van der Waals surface area contributed by atoms with Crippen molar-refractivity contribution in [3.05, 3.63) is 18.2 Å². The van der Waals surface area contributed by atoms with Crippen molar-refractivity contribution in [2.45, 2.75) is 45.8 Å². The second kappa shape index (κ2) is 8.50. The highest BCUT2D eigenvalue weighted by Gasteiger charge is 2.33. The van der Waals surface area contributed by atoms with Crippen molar-refractivity contribution < 1.29 is 14.3 Å². The van der Waals surface area contributed by atoms with Crippen LogP contribution in [-0.4, -0.2) is 72.5 Å². The Morgan fingerprint density at radius 1 is 1.25 bits per heavy atom. The maximum absolute atomic E-state index is 12.8. The highest BCUT2D eigenvalue weighted by Crippen LogP contribution is 2.30. The van der Waals surface area contributed by atoms with Crippen molar-refractivity contribution in [3.63, 3.8) is 0 Å². The van der Waals surface area contributed by atoms with E-state index in [9.17, 15) is 4.79 Å². The second-order valence-corrected chi connectivity index (χ2v) is 8.50. The number of carbonyl (C=O) groups is 1. The van der Waals surface area contributed by atoms with Gasteiger partial charge >= 0.3 is 0 Å². The van der Waals surface area contributed by atoms with E-state index >= 15 is 0 Å². The monoisotopic (exact) mass is 439 g/mol. The number of hydrogen-bond donors (Lipinski definition) is 0. The van der Waals surface area contributed by atoms with E-state index in [1.165, 1.54) is 6.33 Å². The average Bonchev–Trinajstić information content (AvgIpc) is 3.52. The summed E-state index contributed by atoms with van der Waals surface area (Å²) in [4.78, 5) is 28.4. The highest BCUT2D eigenvalue weighted by atomic mass is 16.5. The van der Waals surface area contributed by atoms with Crippen LogP contribution in [0.2, 0.25) is 0 Å². The largest absolute Gasteiger partial charge is 0.471 e. The Bertz CT molecular complexity index is 1130. The van der Waals surface area contributed by atoms with Gasteiger partial charge in [-0.05, 0) is 26.7 Å². The lowest BCUT2D eigenvalue weighted by Crippen LogP contribution is -2.38. The zero-order valence-electron chi connectivity index (χ0n) is 18.8. The molecular weight excluding hydrogens is 410 g/mol. The van der Waals surface area contributed by atoms with Crippen LogP contribution in [-0.2, 0) is 23.1 Å². The van der Waals surface area contributed by atoms with E-state index in [0.29, 0.717) is 43.3 Å². The van der Waals surface area contributed by atoms with Crippen LogP contribution in [0, 0.1) is 12.8 Å². The molecule has 32 heavy (non-hydrogen) atoms. The van der Waals surface area contributed by atoms with Crippen molar-refractivity contribution in [2.24, 2.45) is 13.0 Å². The maximum atomic E-state index is 12.8. The molecule has 5 rings (SSSR count). The second-order valence-electron chi connectivity index (χ2n) is 8.50. The fourth-order valence-corrected chi connectivity index (χ4v) is 4.68. The Labute approximate surface area is 186 Å². The van der Waals surface area contributed by atoms with Gasteiger partial charge in [0.25, 0.3) is 0 Å². The zero-order valence-corrected chi connectivity index (χ0v) is 18.8. The van der Waals surface area contributed by atoms with E-state index in [1.807, 2.05) is 34.3 Å². The lowest BCUT2D eigenvalue weighted by atomic mass is 9.99. The van der Waals surface area contributed by atoms with Gasteiger partial charge in [-0.1, -0.05) is 0 Å². The number of imidazole rings is 1. The summed E-state index contributed by atoms with van der Waals surface area (Å²) < 4.78 is 15.5. The third-order valence-corrected chi connectivity index (χ3v) is 6.57. The van der Waals surface area contributed by atoms with Crippen molar-refractivity contribution in [1.82, 2.24) is 34.2 Å². The van der Waals surface area contributed by atoms with Gasteiger partial charge in [0.15, 0.2) is 11.2 Å². The van der Waals surface area contributed by atoms with Gasteiger partial charge in [-0.3, -0.25) is 9.48 Å². The Kier molecular flexibility index (Phi) is 5.54. The van der Waals surface area contributed by atoms with E-state index in [4.69, 9.17) is 14.5 Å². The molecule has 1 atom stereocenters. The fraction of sp³-hybridized carbons (Fsp3) is 0.591. The van der Waals surface area contributed by atoms with Crippen molar-refractivity contribution >= 4 is 17.1 Å². The van der Waals surface area contributed by atoms with Gasteiger partial charge in [-0.2, -0.15) is 10.1 Å². The molecular formula is C22H29N7O3. The quantitative estimate of drug-likeness (QED) is 0.599. The number of aromatic nitrogens is 6. The molecule has 10 heteroatoms. The summed E-state index contributed by atoms with van der Waals surface area (Å²) in [5.74, 6) is 1.53. The fourth-order valence-electron chi connectivity index (χ4n) is 4.68. The smallest absolute Gasteiger partial charge is 0.245 e. The SMILES string of the molecule is CCn1ncc(-c2nc3c(O[C@H]4CCN(C(=O)C5CCOCC5)C4)ncnc3n2C)c1C. The van der Waals surface area contributed by atoms with E-state index < -0.39 is 0 Å². The third kappa shape index (κ3) is 3.62. The van der Waals surface area contributed by atoms with Crippen LogP contribution < -0.4 is 4.74 Å². The van der Waals surface area contributed by atoms with Crippen LogP contribution in [0.25, 0.3) is 22.6 Å². The van der Waals surface area contributed by atoms with Gasteiger partial charge < -0.3 is 18.9 Å². The van der Waals surface area contributed by atoms with Gasteiger partial charge in [0.05, 0.1) is 18.3 Å². The first-order chi connectivity index (χ1) is 15.6. The Morgan fingerprint density at radius 2 is 2.06 bits per heavy atom. The number of aryl methyl sites for hydroxylation is 2. The molecule has 10 nitrogen and oxygen atoms in total. The van der Waals surface area contributed by atoms with E-state index in [2.05, 4.69) is 22.0 Å². The molecule has 0 spiro atoms. The molecule has 2 aliphatic rings. The minimum Gasteiger partial charge on any atom is -0.471 e. The summed E-state index contributed by atoms with van der Waals surface area (Å²) in [6.07, 6.45) is 5.63. The summed E-state index contributed by atoms with van der Waals surface area (Å²) in [7, 11) is 1.94. The van der Waals surface area contributed by atoms with Gasteiger partial charge in [-0.15, -0.1) is 0 Å². The van der Waals surface area contributed by atoms with Crippen LogP contribution in [0.1, 0.15) is 31.9 Å². The molecule has 1 amide bonds. The van der Waals surface area contributed by atoms with Gasteiger partial charge in [0.1, 0.15) is 18.3 Å². The topological polar surface area (TPSA) is 100 Å². The van der Waals surface area contributed by atoms with E-state index in [-0.39, 0.29) is 17.9 Å². The number of hydrogen-bond acceptors (Lipinski definition) is 7. The molecule has 0 unspecified atom stereocenters. The van der Waals surface area contributed by atoms with Gasteiger partial charge in [-0.25, -0.2) is 9.97 Å². The minimum absolute atomic E-state index is 0.0684. The zero-order chi connectivity index (χ0) is 22.2. The van der Waals surface area contributed by atoms with Gasteiger partial charge in [0.2, 0.25) is 11.8 Å². The van der Waals surface area contributed by atoms with Crippen LogP contribution >= 0.6 is 0 Å². The number of nitrogens with zero attached hydrogens (tertiary/aromatic N) is 7. The molecule has 2 saturated heterocycles. The van der Waals surface area contributed by atoms with Crippen molar-refractivity contribution in [2.75, 3.05) is 26.3 Å². The Morgan fingerprint density at radius 3 is 2.81 bits per heavy atom. The summed E-state index contributed by atoms with van der Waals surface area (Å²) in [6.45, 7) is 7.52. The van der Waals surface area contributed by atoms with Crippen molar-refractivity contribution in [1.29, 1.82) is 0 Å². The highest BCUT2D eigenvalue weighted by molar-refractivity contribution is 5.81. The molecule has 2 aliphatic heterocycles. The minimum atomic E-state index is -0.105. The number of rotatable bonds is 5. The molecule has 0 bridgehead atoms. The van der Waals surface area contributed by atoms with Gasteiger partial charge in [0, 0.05) is 51.4 Å². The third-order valence-electron chi connectivity index (χ3n) is 6.57. The van der Waals surface area contributed by atoms with Crippen LogP contribution in [0.5, 0.6) is 5.88 Å². The van der Waals surface area contributed by atoms with E-state index in [1.54, 1.807) is 0 Å². The lowest BCUT2D eigenvalue weighted by molar-refractivity contribution is -0.137. The predicted molar refractivity (Wildman–Crippen MR) is 117 cm³/mol. The van der Waals surface area contributed by atoms with Crippen molar-refractivity contribution in [3.8, 4) is 17.3 Å². The summed E-state index contributed by atoms with van der Waals surface area (Å²) in [6, 6.07) is 0. The normalized spacial score (nSPS) is 19.7. The summed E-state index contributed by atoms with van der Waals surface area (Å²) in [5, 5.41) is 4.44. The van der Waals surface area contributed by atoms with Crippen LogP contribution in [0.4, 0.5) is 0 Å². The first kappa shape index (κ1) is 20.9. The molecule has 0 N–H and O–H groups in total. The molecule has 3 aromatic heterocycles. The first-order valence-corrected chi connectivity index (χ1v) is 11.3. The Hall–Kier alpha value is -3.01.